The van der Waals surface area contributed by atoms with Crippen LogP contribution in [0.3, 0.4) is 0 Å². The molecule has 0 spiro atoms. The number of carbonyl (C=O) groups excluding carboxylic acids is 1. The van der Waals surface area contributed by atoms with E-state index in [0.29, 0.717) is 13.0 Å². The fraction of sp³-hybridized carbons (Fsp3) is 0.423. The van der Waals surface area contributed by atoms with Crippen molar-refractivity contribution in [3.05, 3.63) is 71.9 Å². The monoisotopic (exact) mass is 419 g/mol. The topological polar surface area (TPSA) is 48.6 Å². The van der Waals surface area contributed by atoms with Crippen molar-refractivity contribution in [3.63, 3.8) is 0 Å². The largest absolute Gasteiger partial charge is 0.379 e. The SMILES string of the molecule is CC(CN1CCOCC1)N(Cc1ccccc1)C(=O)CCCc1c[nH]c2ccccc12. The zero-order chi connectivity index (χ0) is 21.5. The van der Waals surface area contributed by atoms with Crippen LogP contribution in [0.5, 0.6) is 0 Å². The maximum absolute atomic E-state index is 13.3. The summed E-state index contributed by atoms with van der Waals surface area (Å²) in [6.45, 7) is 7.18. The van der Waals surface area contributed by atoms with Crippen LogP contribution in [0.2, 0.25) is 0 Å². The molecule has 3 aromatic rings. The van der Waals surface area contributed by atoms with Crippen LogP contribution in [0.25, 0.3) is 10.9 Å². The van der Waals surface area contributed by atoms with E-state index in [1.807, 2.05) is 24.3 Å². The number of nitrogens with one attached hydrogen (secondary N) is 1. The lowest BCUT2D eigenvalue weighted by Crippen LogP contribution is -2.47. The Hall–Kier alpha value is -2.63. The predicted molar refractivity (Wildman–Crippen MR) is 125 cm³/mol. The van der Waals surface area contributed by atoms with Crippen LogP contribution in [0.1, 0.15) is 30.9 Å². The van der Waals surface area contributed by atoms with Crippen molar-refractivity contribution >= 4 is 16.8 Å². The second kappa shape index (κ2) is 10.6. The van der Waals surface area contributed by atoms with Gasteiger partial charge in [0.1, 0.15) is 0 Å². The van der Waals surface area contributed by atoms with Gasteiger partial charge in [-0.15, -0.1) is 0 Å². The number of carbonyl (C=O) groups is 1. The van der Waals surface area contributed by atoms with Crippen LogP contribution in [0.4, 0.5) is 0 Å². The predicted octanol–water partition coefficient (Wildman–Crippen LogP) is 4.24. The van der Waals surface area contributed by atoms with E-state index in [2.05, 4.69) is 58.2 Å². The molecule has 0 saturated carbocycles. The summed E-state index contributed by atoms with van der Waals surface area (Å²) in [7, 11) is 0. The van der Waals surface area contributed by atoms with Crippen molar-refractivity contribution in [2.75, 3.05) is 32.8 Å². The molecule has 1 N–H and O–H groups in total. The van der Waals surface area contributed by atoms with Crippen molar-refractivity contribution in [1.82, 2.24) is 14.8 Å². The molecule has 0 aliphatic carbocycles. The molecule has 1 saturated heterocycles. The smallest absolute Gasteiger partial charge is 0.223 e. The lowest BCUT2D eigenvalue weighted by molar-refractivity contribution is -0.134. The van der Waals surface area contributed by atoms with Crippen LogP contribution in [0.15, 0.2) is 60.8 Å². The number of fused-ring (bicyclic) bond motifs is 1. The molecule has 31 heavy (non-hydrogen) atoms. The van der Waals surface area contributed by atoms with E-state index in [1.54, 1.807) is 0 Å². The Kier molecular flexibility index (Phi) is 7.39. The highest BCUT2D eigenvalue weighted by atomic mass is 16.5. The number of H-pyrrole nitrogens is 1. The van der Waals surface area contributed by atoms with Crippen molar-refractivity contribution in [3.8, 4) is 0 Å². The number of rotatable bonds is 9. The normalized spacial score (nSPS) is 15.8. The molecule has 1 fully saturated rings. The minimum absolute atomic E-state index is 0.166. The minimum Gasteiger partial charge on any atom is -0.379 e. The van der Waals surface area contributed by atoms with Crippen molar-refractivity contribution < 1.29 is 9.53 Å². The average Bonchev–Trinajstić information content (AvgIpc) is 3.22. The van der Waals surface area contributed by atoms with E-state index in [9.17, 15) is 4.79 Å². The number of hydrogen-bond donors (Lipinski definition) is 1. The first-order chi connectivity index (χ1) is 15.2. The maximum Gasteiger partial charge on any atom is 0.223 e. The lowest BCUT2D eigenvalue weighted by Gasteiger charge is -2.35. The molecule has 0 bridgehead atoms. The molecule has 5 heteroatoms. The maximum atomic E-state index is 13.3. The molecule has 1 aliphatic rings. The fourth-order valence-electron chi connectivity index (χ4n) is 4.44. The molecule has 1 aromatic heterocycles. The highest BCUT2D eigenvalue weighted by Crippen LogP contribution is 2.20. The summed E-state index contributed by atoms with van der Waals surface area (Å²) in [6.07, 6.45) is 4.42. The van der Waals surface area contributed by atoms with Gasteiger partial charge in [0.15, 0.2) is 0 Å². The van der Waals surface area contributed by atoms with Gasteiger partial charge in [-0.2, -0.15) is 0 Å². The van der Waals surface area contributed by atoms with Gasteiger partial charge in [0.25, 0.3) is 0 Å². The first-order valence-corrected chi connectivity index (χ1v) is 11.4. The number of benzene rings is 2. The third kappa shape index (κ3) is 5.75. The number of aromatic amines is 1. The Bertz CT molecular complexity index is 963. The molecule has 2 heterocycles. The fourth-order valence-corrected chi connectivity index (χ4v) is 4.44. The Morgan fingerprint density at radius 1 is 1.10 bits per heavy atom. The molecule has 0 radical (unpaired) electrons. The number of nitrogens with zero attached hydrogens (tertiary/aromatic N) is 2. The van der Waals surface area contributed by atoms with Gasteiger partial charge in [0.2, 0.25) is 5.91 Å². The quantitative estimate of drug-likeness (QED) is 0.564. The highest BCUT2D eigenvalue weighted by molar-refractivity contribution is 5.83. The van der Waals surface area contributed by atoms with Crippen LogP contribution >= 0.6 is 0 Å². The Morgan fingerprint density at radius 3 is 2.65 bits per heavy atom. The third-order valence-corrected chi connectivity index (χ3v) is 6.19. The van der Waals surface area contributed by atoms with Gasteiger partial charge >= 0.3 is 0 Å². The number of para-hydroxylation sites is 1. The van der Waals surface area contributed by atoms with Gasteiger partial charge in [-0.05, 0) is 37.0 Å². The average molecular weight is 420 g/mol. The number of aromatic nitrogens is 1. The molecule has 1 unspecified atom stereocenters. The molecular weight excluding hydrogens is 386 g/mol. The zero-order valence-electron chi connectivity index (χ0n) is 18.4. The molecule has 1 amide bonds. The summed E-state index contributed by atoms with van der Waals surface area (Å²) in [6, 6.07) is 18.8. The highest BCUT2D eigenvalue weighted by Gasteiger charge is 2.23. The molecule has 1 atom stereocenters. The number of ether oxygens (including phenoxy) is 1. The van der Waals surface area contributed by atoms with E-state index in [-0.39, 0.29) is 11.9 Å². The summed E-state index contributed by atoms with van der Waals surface area (Å²) >= 11 is 0. The molecule has 2 aromatic carbocycles. The van der Waals surface area contributed by atoms with E-state index in [4.69, 9.17) is 4.74 Å². The van der Waals surface area contributed by atoms with E-state index < -0.39 is 0 Å². The van der Waals surface area contributed by atoms with Crippen LogP contribution in [-0.4, -0.2) is 59.6 Å². The van der Waals surface area contributed by atoms with Crippen molar-refractivity contribution in [2.45, 2.75) is 38.8 Å². The van der Waals surface area contributed by atoms with Crippen molar-refractivity contribution in [2.24, 2.45) is 0 Å². The number of morpholine rings is 1. The molecule has 1 aliphatic heterocycles. The van der Waals surface area contributed by atoms with Gasteiger partial charge in [-0.3, -0.25) is 9.69 Å². The molecular formula is C26H33N3O2. The zero-order valence-corrected chi connectivity index (χ0v) is 18.4. The van der Waals surface area contributed by atoms with E-state index in [0.717, 1.165) is 51.2 Å². The number of hydrogen-bond acceptors (Lipinski definition) is 3. The van der Waals surface area contributed by atoms with Crippen molar-refractivity contribution in [1.29, 1.82) is 0 Å². The second-order valence-electron chi connectivity index (χ2n) is 8.48. The lowest BCUT2D eigenvalue weighted by atomic mass is 10.1. The molecule has 164 valence electrons. The summed E-state index contributed by atoms with van der Waals surface area (Å²) in [5.41, 5.74) is 3.63. The second-order valence-corrected chi connectivity index (χ2v) is 8.48. The Morgan fingerprint density at radius 2 is 1.84 bits per heavy atom. The van der Waals surface area contributed by atoms with E-state index in [1.165, 1.54) is 16.5 Å². The molecule has 5 nitrogen and oxygen atoms in total. The first-order valence-electron chi connectivity index (χ1n) is 11.4. The minimum atomic E-state index is 0.166. The number of amides is 1. The first kappa shape index (κ1) is 21.6. The molecule has 4 rings (SSSR count). The number of aryl methyl sites for hydroxylation is 1. The van der Waals surface area contributed by atoms with Crippen LogP contribution in [-0.2, 0) is 22.5 Å². The van der Waals surface area contributed by atoms with Gasteiger partial charge < -0.3 is 14.6 Å². The standard InChI is InChI=1S/C26H33N3O2/c1-21(19-28-14-16-31-17-15-28)29(20-22-8-3-2-4-9-22)26(30)13-7-10-23-18-27-25-12-6-5-11-24(23)25/h2-6,8-9,11-12,18,21,27H,7,10,13-17,19-20H2,1H3. The van der Waals surface area contributed by atoms with Gasteiger partial charge in [0, 0.05) is 55.7 Å². The summed E-state index contributed by atoms with van der Waals surface area (Å²) in [4.78, 5) is 21.1. The van der Waals surface area contributed by atoms with Gasteiger partial charge in [-0.25, -0.2) is 0 Å². The van der Waals surface area contributed by atoms with Crippen LogP contribution in [0, 0.1) is 0 Å². The van der Waals surface area contributed by atoms with E-state index >= 15 is 0 Å². The summed E-state index contributed by atoms with van der Waals surface area (Å²) in [5.74, 6) is 0.240. The Balaban J connectivity index is 1.38. The van der Waals surface area contributed by atoms with Gasteiger partial charge in [0.05, 0.1) is 13.2 Å². The summed E-state index contributed by atoms with van der Waals surface area (Å²) in [5, 5.41) is 1.26. The third-order valence-electron chi connectivity index (χ3n) is 6.19. The van der Waals surface area contributed by atoms with Gasteiger partial charge in [-0.1, -0.05) is 48.5 Å². The van der Waals surface area contributed by atoms with Crippen LogP contribution < -0.4 is 0 Å². The Labute approximate surface area is 185 Å². The summed E-state index contributed by atoms with van der Waals surface area (Å²) < 4.78 is 5.48.